The van der Waals surface area contributed by atoms with Crippen LogP contribution in [0.25, 0.3) is 6.08 Å². The summed E-state index contributed by atoms with van der Waals surface area (Å²) in [5.74, 6) is 1.55. The van der Waals surface area contributed by atoms with Crippen molar-refractivity contribution >= 4 is 19.2 Å². The minimum Gasteiger partial charge on any atom is -0.426 e. The molecule has 0 aromatic heterocycles. The van der Waals surface area contributed by atoms with E-state index in [9.17, 15) is 4.79 Å². The number of hydrogen-bond donors (Lipinski definition) is 2. The average Bonchev–Trinajstić information content (AvgIpc) is 2.65. The summed E-state index contributed by atoms with van der Waals surface area (Å²) in [5, 5.41) is 18.0. The zero-order valence-corrected chi connectivity index (χ0v) is 15.8. The molecule has 2 rings (SSSR count). The van der Waals surface area contributed by atoms with Gasteiger partial charge in [-0.05, 0) is 55.5 Å². The molecule has 4 nitrogen and oxygen atoms in total. The second kappa shape index (κ2) is 10.5. The molecule has 0 heterocycles. The molecule has 2 aromatic rings. The largest absolute Gasteiger partial charge is 0.480 e. The zero-order chi connectivity index (χ0) is 19.6. The number of benzene rings is 2. The molecule has 0 amide bonds. The Kier molecular flexibility index (Phi) is 8.05. The van der Waals surface area contributed by atoms with Crippen molar-refractivity contribution in [2.24, 2.45) is 0 Å². The van der Waals surface area contributed by atoms with Crippen LogP contribution in [0, 0.1) is 0 Å². The van der Waals surface area contributed by atoms with Crippen LogP contribution in [0.4, 0.5) is 0 Å². The normalized spacial score (nSPS) is 10.7. The van der Waals surface area contributed by atoms with Crippen molar-refractivity contribution in [2.45, 2.75) is 33.1 Å². The van der Waals surface area contributed by atoms with Crippen LogP contribution < -0.4 is 4.74 Å². The molecule has 0 saturated carbocycles. The Morgan fingerprint density at radius 1 is 1.11 bits per heavy atom. The first-order chi connectivity index (χ1) is 12.9. The third kappa shape index (κ3) is 7.65. The summed E-state index contributed by atoms with van der Waals surface area (Å²) in [5.41, 5.74) is 3.95. The second-order valence-corrected chi connectivity index (χ2v) is 6.59. The van der Waals surface area contributed by atoms with Crippen LogP contribution in [-0.4, -0.2) is 23.1 Å². The van der Waals surface area contributed by atoms with Crippen LogP contribution in [-0.2, 0) is 17.6 Å². The Morgan fingerprint density at radius 2 is 1.85 bits per heavy atom. The van der Waals surface area contributed by atoms with Gasteiger partial charge >= 0.3 is 13.1 Å². The van der Waals surface area contributed by atoms with Crippen molar-refractivity contribution in [3.05, 3.63) is 82.8 Å². The summed E-state index contributed by atoms with van der Waals surface area (Å²) < 4.78 is 5.59. The van der Waals surface area contributed by atoms with E-state index in [1.165, 1.54) is 11.5 Å². The highest BCUT2D eigenvalue weighted by Gasteiger charge is 2.10. The third-order valence-electron chi connectivity index (χ3n) is 3.96. The molecule has 0 aliphatic rings. The highest BCUT2D eigenvalue weighted by Crippen LogP contribution is 2.23. The summed E-state index contributed by atoms with van der Waals surface area (Å²) in [6.45, 7) is 4.02. The maximum absolute atomic E-state index is 12.3. The van der Waals surface area contributed by atoms with Gasteiger partial charge in [-0.25, -0.2) is 0 Å². The van der Waals surface area contributed by atoms with Gasteiger partial charge in [0.05, 0.1) is 0 Å². The highest BCUT2D eigenvalue weighted by molar-refractivity contribution is 6.48. The van der Waals surface area contributed by atoms with E-state index in [1.54, 1.807) is 18.2 Å². The van der Waals surface area contributed by atoms with E-state index in [-0.39, 0.29) is 5.97 Å². The number of ether oxygens (including phenoxy) is 1. The van der Waals surface area contributed by atoms with Crippen molar-refractivity contribution in [3.8, 4) is 5.75 Å². The Labute approximate surface area is 161 Å². The van der Waals surface area contributed by atoms with E-state index in [2.05, 4.69) is 6.08 Å². The van der Waals surface area contributed by atoms with Crippen molar-refractivity contribution in [1.82, 2.24) is 0 Å². The number of allylic oxidation sites excluding steroid dienone is 2. The van der Waals surface area contributed by atoms with Gasteiger partial charge in [0.2, 0.25) is 0 Å². The molecule has 0 aliphatic carbocycles. The van der Waals surface area contributed by atoms with Crippen LogP contribution in [0.2, 0.25) is 0 Å². The Bertz CT molecular complexity index is 806. The first-order valence-corrected chi connectivity index (χ1v) is 8.99. The van der Waals surface area contributed by atoms with E-state index in [1.807, 2.05) is 50.2 Å². The molecular weight excluding hydrogens is 339 g/mol. The predicted molar refractivity (Wildman–Crippen MR) is 109 cm³/mol. The van der Waals surface area contributed by atoms with Crippen LogP contribution in [0.3, 0.4) is 0 Å². The fourth-order valence-electron chi connectivity index (χ4n) is 2.54. The van der Waals surface area contributed by atoms with Crippen molar-refractivity contribution in [3.63, 3.8) is 0 Å². The lowest BCUT2D eigenvalue weighted by Gasteiger charge is -2.11. The van der Waals surface area contributed by atoms with E-state index in [4.69, 9.17) is 14.8 Å². The summed E-state index contributed by atoms with van der Waals surface area (Å²) >= 11 is 0. The molecule has 140 valence electrons. The van der Waals surface area contributed by atoms with Gasteiger partial charge in [-0.1, -0.05) is 60.1 Å². The molecule has 2 N–H and O–H groups in total. The summed E-state index contributed by atoms with van der Waals surface area (Å²) in [6.07, 6.45) is 5.26. The zero-order valence-electron chi connectivity index (χ0n) is 15.8. The molecule has 27 heavy (non-hydrogen) atoms. The van der Waals surface area contributed by atoms with E-state index in [0.29, 0.717) is 25.0 Å². The fourth-order valence-corrected chi connectivity index (χ4v) is 2.54. The number of rotatable bonds is 8. The van der Waals surface area contributed by atoms with Crippen LogP contribution in [0.15, 0.2) is 66.2 Å². The van der Waals surface area contributed by atoms with Crippen LogP contribution in [0.5, 0.6) is 5.75 Å². The molecule has 0 spiro atoms. The van der Waals surface area contributed by atoms with Gasteiger partial charge in [-0.2, -0.15) is 0 Å². The molecule has 0 atom stereocenters. The molecule has 2 aromatic carbocycles. The van der Waals surface area contributed by atoms with Crippen molar-refractivity contribution < 1.29 is 19.6 Å². The molecule has 0 bridgehead atoms. The van der Waals surface area contributed by atoms with Gasteiger partial charge in [-0.15, -0.1) is 0 Å². The molecule has 0 aliphatic heterocycles. The topological polar surface area (TPSA) is 66.8 Å². The van der Waals surface area contributed by atoms with Gasteiger partial charge in [0, 0.05) is 6.42 Å². The standard InChI is InChI=1S/C22H25BO4/c1-17(2)8-11-20-16-19(14-15-23(25)26)9-12-21(20)27-22(24)13-10-18-6-4-3-5-7-18/h3-9,12,14-16,25-26H,10-11,13H2,1-2H3/b15-14+. The smallest absolute Gasteiger partial charge is 0.426 e. The van der Waals surface area contributed by atoms with E-state index in [0.717, 1.165) is 16.7 Å². The molecule has 0 fully saturated rings. The summed E-state index contributed by atoms with van der Waals surface area (Å²) in [4.78, 5) is 12.3. The van der Waals surface area contributed by atoms with Crippen LogP contribution in [0.1, 0.15) is 37.0 Å². The summed E-state index contributed by atoms with van der Waals surface area (Å²) in [7, 11) is -1.50. The number of carbonyl (C=O) groups excluding carboxylic acids is 1. The lowest BCUT2D eigenvalue weighted by molar-refractivity contribution is -0.134. The molecule has 5 heteroatoms. The predicted octanol–water partition coefficient (Wildman–Crippen LogP) is 3.76. The van der Waals surface area contributed by atoms with Gasteiger partial charge < -0.3 is 14.8 Å². The minimum absolute atomic E-state index is 0.272. The van der Waals surface area contributed by atoms with Crippen LogP contribution >= 0.6 is 0 Å². The highest BCUT2D eigenvalue weighted by atomic mass is 16.5. The molecular formula is C22H25BO4. The monoisotopic (exact) mass is 364 g/mol. The lowest BCUT2D eigenvalue weighted by atomic mass is 9.90. The first kappa shape index (κ1) is 20.7. The average molecular weight is 364 g/mol. The molecule has 0 radical (unpaired) electrons. The van der Waals surface area contributed by atoms with Gasteiger partial charge in [0.25, 0.3) is 0 Å². The maximum atomic E-state index is 12.3. The number of carbonyl (C=O) groups is 1. The quantitative estimate of drug-likeness (QED) is 0.324. The number of hydrogen-bond acceptors (Lipinski definition) is 4. The number of esters is 1. The van der Waals surface area contributed by atoms with Gasteiger partial charge in [-0.3, -0.25) is 4.79 Å². The second-order valence-electron chi connectivity index (χ2n) is 6.59. The van der Waals surface area contributed by atoms with E-state index < -0.39 is 7.12 Å². The maximum Gasteiger partial charge on any atom is 0.480 e. The summed E-state index contributed by atoms with van der Waals surface area (Å²) in [6, 6.07) is 15.2. The Morgan fingerprint density at radius 3 is 2.52 bits per heavy atom. The molecule has 0 saturated heterocycles. The Hall–Kier alpha value is -2.63. The fraction of sp³-hybridized carbons (Fsp3) is 0.227. The third-order valence-corrected chi connectivity index (χ3v) is 3.96. The van der Waals surface area contributed by atoms with E-state index >= 15 is 0 Å². The minimum atomic E-state index is -1.50. The SMILES string of the molecule is CC(C)=CCc1cc(/C=C/B(O)O)ccc1OC(=O)CCc1ccccc1. The molecule has 0 unspecified atom stereocenters. The van der Waals surface area contributed by atoms with Crippen molar-refractivity contribution in [1.29, 1.82) is 0 Å². The number of aryl methyl sites for hydroxylation is 1. The van der Waals surface area contributed by atoms with Crippen molar-refractivity contribution in [2.75, 3.05) is 0 Å². The lowest BCUT2D eigenvalue weighted by Crippen LogP contribution is -2.10. The van der Waals surface area contributed by atoms with Gasteiger partial charge in [0.1, 0.15) is 5.75 Å². The first-order valence-electron chi connectivity index (χ1n) is 8.99. The Balaban J connectivity index is 2.10. The van der Waals surface area contributed by atoms with Gasteiger partial charge in [0.15, 0.2) is 0 Å².